The molecule has 0 spiro atoms. The third kappa shape index (κ3) is 5.15. The lowest BCUT2D eigenvalue weighted by molar-refractivity contribution is -0.212. The number of hydrogen-bond acceptors (Lipinski definition) is 4. The van der Waals surface area contributed by atoms with E-state index in [1.165, 1.54) is 12.1 Å². The third-order valence-electron chi connectivity index (χ3n) is 4.41. The lowest BCUT2D eigenvalue weighted by Crippen LogP contribution is -2.30. The zero-order valence-corrected chi connectivity index (χ0v) is 15.9. The van der Waals surface area contributed by atoms with Crippen LogP contribution >= 0.6 is 0 Å². The molecule has 0 saturated carbocycles. The minimum Gasteiger partial charge on any atom is -0.478 e. The minimum atomic E-state index is -1.18. The van der Waals surface area contributed by atoms with Crippen molar-refractivity contribution in [1.29, 1.82) is 0 Å². The van der Waals surface area contributed by atoms with E-state index >= 15 is 0 Å². The molecule has 0 fully saturated rings. The van der Waals surface area contributed by atoms with Crippen LogP contribution in [0, 0.1) is 5.92 Å². The Morgan fingerprint density at radius 1 is 0.889 bits per heavy atom. The van der Waals surface area contributed by atoms with Crippen LogP contribution in [0.1, 0.15) is 64.8 Å². The Morgan fingerprint density at radius 3 is 1.85 bits per heavy atom. The molecule has 6 nitrogen and oxygen atoms in total. The number of carboxylic acids is 2. The average molecular weight is 371 g/mol. The molecule has 6 heteroatoms. The summed E-state index contributed by atoms with van der Waals surface area (Å²) < 4.78 is 0. The number of benzene rings is 2. The van der Waals surface area contributed by atoms with Crippen molar-refractivity contribution in [3.05, 3.63) is 70.8 Å². The van der Waals surface area contributed by atoms with Crippen LogP contribution in [0.15, 0.2) is 48.5 Å². The normalized spacial score (nSPS) is 13.6. The molecule has 144 valence electrons. The maximum atomic E-state index is 11.3. The molecule has 2 atom stereocenters. The zero-order chi connectivity index (χ0) is 20.1. The smallest absolute Gasteiger partial charge is 0.335 e. The van der Waals surface area contributed by atoms with Crippen molar-refractivity contribution in [2.75, 3.05) is 7.05 Å². The van der Waals surface area contributed by atoms with Gasteiger partial charge in [-0.1, -0.05) is 44.2 Å². The summed E-state index contributed by atoms with van der Waals surface area (Å²) in [6.45, 7) is 5.96. The van der Waals surface area contributed by atoms with E-state index in [4.69, 9.17) is 4.84 Å². The van der Waals surface area contributed by atoms with E-state index in [-0.39, 0.29) is 23.1 Å². The van der Waals surface area contributed by atoms with E-state index in [1.54, 1.807) is 12.0 Å². The molecular weight excluding hydrogens is 346 g/mol. The molecule has 0 aliphatic heterocycles. The topological polar surface area (TPSA) is 87.1 Å². The van der Waals surface area contributed by atoms with Crippen LogP contribution in [-0.4, -0.2) is 34.3 Å². The monoisotopic (exact) mass is 371 g/mol. The van der Waals surface area contributed by atoms with Gasteiger partial charge in [-0.2, -0.15) is 5.06 Å². The van der Waals surface area contributed by atoms with Crippen LogP contribution in [0.3, 0.4) is 0 Å². The van der Waals surface area contributed by atoms with Crippen molar-refractivity contribution >= 4 is 11.9 Å². The Kier molecular flexibility index (Phi) is 6.71. The Bertz CT molecular complexity index is 771. The van der Waals surface area contributed by atoms with Crippen molar-refractivity contribution < 1.29 is 24.6 Å². The molecule has 0 radical (unpaired) electrons. The second-order valence-corrected chi connectivity index (χ2v) is 6.85. The number of aromatic carboxylic acids is 2. The summed E-state index contributed by atoms with van der Waals surface area (Å²) in [5, 5.41) is 20.2. The highest BCUT2D eigenvalue weighted by molar-refractivity contribution is 5.94. The van der Waals surface area contributed by atoms with Gasteiger partial charge in [-0.3, -0.25) is 4.84 Å². The largest absolute Gasteiger partial charge is 0.478 e. The van der Waals surface area contributed by atoms with E-state index in [9.17, 15) is 19.8 Å². The summed E-state index contributed by atoms with van der Waals surface area (Å²) >= 11 is 0. The van der Waals surface area contributed by atoms with E-state index in [1.807, 2.05) is 37.4 Å². The van der Waals surface area contributed by atoms with Crippen LogP contribution in [-0.2, 0) is 4.84 Å². The molecular formula is C21H25NO5. The Morgan fingerprint density at radius 2 is 1.41 bits per heavy atom. The van der Waals surface area contributed by atoms with Crippen molar-refractivity contribution in [2.24, 2.45) is 5.92 Å². The number of hydrogen-bond donors (Lipinski definition) is 2. The molecule has 0 amide bonds. The zero-order valence-electron chi connectivity index (χ0n) is 15.9. The maximum Gasteiger partial charge on any atom is 0.335 e. The van der Waals surface area contributed by atoms with Crippen molar-refractivity contribution in [2.45, 2.75) is 32.9 Å². The number of nitrogens with zero attached hydrogens (tertiary/aromatic N) is 1. The standard InChI is InChI=1S/C21H25NO5/c1-13(2)19(15-8-6-5-7-9-15)22(4)27-14(3)16-10-17(20(23)24)12-18(11-16)21(25)26/h5-14,19H,1-4H3,(H,23,24)(H,25,26). The summed E-state index contributed by atoms with van der Waals surface area (Å²) in [6, 6.07) is 14.0. The highest BCUT2D eigenvalue weighted by Crippen LogP contribution is 2.31. The van der Waals surface area contributed by atoms with Gasteiger partial charge >= 0.3 is 11.9 Å². The number of carboxylic acid groups (broad SMARTS) is 2. The van der Waals surface area contributed by atoms with Crippen LogP contribution in [0.25, 0.3) is 0 Å². The van der Waals surface area contributed by atoms with Gasteiger partial charge in [-0.25, -0.2) is 9.59 Å². The lowest BCUT2D eigenvalue weighted by Gasteiger charge is -2.33. The highest BCUT2D eigenvalue weighted by Gasteiger charge is 2.24. The molecule has 27 heavy (non-hydrogen) atoms. The number of rotatable bonds is 8. The van der Waals surface area contributed by atoms with Gasteiger partial charge in [0.25, 0.3) is 0 Å². The Balaban J connectivity index is 2.28. The van der Waals surface area contributed by atoms with E-state index < -0.39 is 18.0 Å². The van der Waals surface area contributed by atoms with Crippen molar-refractivity contribution in [3.63, 3.8) is 0 Å². The fraction of sp³-hybridized carbons (Fsp3) is 0.333. The summed E-state index contributed by atoms with van der Waals surface area (Å²) in [5.41, 5.74) is 1.44. The predicted octanol–water partition coefficient (Wildman–Crippen LogP) is 4.40. The second-order valence-electron chi connectivity index (χ2n) is 6.85. The van der Waals surface area contributed by atoms with Gasteiger partial charge in [-0.15, -0.1) is 0 Å². The van der Waals surface area contributed by atoms with Gasteiger partial charge in [0.1, 0.15) is 6.10 Å². The van der Waals surface area contributed by atoms with Gasteiger partial charge in [0, 0.05) is 7.05 Å². The molecule has 0 aromatic heterocycles. The van der Waals surface area contributed by atoms with Crippen molar-refractivity contribution in [3.8, 4) is 0 Å². The highest BCUT2D eigenvalue weighted by atomic mass is 16.7. The lowest BCUT2D eigenvalue weighted by atomic mass is 9.96. The van der Waals surface area contributed by atoms with E-state index in [2.05, 4.69) is 13.8 Å². The van der Waals surface area contributed by atoms with Gasteiger partial charge < -0.3 is 10.2 Å². The molecule has 0 heterocycles. The van der Waals surface area contributed by atoms with Gasteiger partial charge in [0.2, 0.25) is 0 Å². The average Bonchev–Trinajstić information content (AvgIpc) is 2.61. The molecule has 2 aromatic carbocycles. The first-order chi connectivity index (χ1) is 12.7. The number of hydroxylamine groups is 2. The molecule has 0 aliphatic carbocycles. The van der Waals surface area contributed by atoms with Gasteiger partial charge in [0.15, 0.2) is 0 Å². The fourth-order valence-corrected chi connectivity index (χ4v) is 3.17. The summed E-state index contributed by atoms with van der Waals surface area (Å²) in [4.78, 5) is 28.7. The van der Waals surface area contributed by atoms with Crippen LogP contribution in [0.4, 0.5) is 0 Å². The van der Waals surface area contributed by atoms with E-state index in [0.717, 1.165) is 11.6 Å². The van der Waals surface area contributed by atoms with Crippen LogP contribution in [0.2, 0.25) is 0 Å². The molecule has 2 unspecified atom stereocenters. The summed E-state index contributed by atoms with van der Waals surface area (Å²) in [7, 11) is 1.83. The van der Waals surface area contributed by atoms with Gasteiger partial charge in [0.05, 0.1) is 17.2 Å². The minimum absolute atomic E-state index is 0.00440. The van der Waals surface area contributed by atoms with Crippen molar-refractivity contribution in [1.82, 2.24) is 5.06 Å². The SMILES string of the molecule is CC(ON(C)C(c1ccccc1)C(C)C)c1cc(C(=O)O)cc(C(=O)O)c1. The molecule has 2 N–H and O–H groups in total. The molecule has 2 rings (SSSR count). The molecule has 0 saturated heterocycles. The molecule has 0 aliphatic rings. The predicted molar refractivity (Wildman–Crippen MR) is 102 cm³/mol. The first-order valence-corrected chi connectivity index (χ1v) is 8.76. The third-order valence-corrected chi connectivity index (χ3v) is 4.41. The Hall–Kier alpha value is -2.70. The summed E-state index contributed by atoms with van der Waals surface area (Å²) in [5.74, 6) is -2.09. The van der Waals surface area contributed by atoms with E-state index in [0.29, 0.717) is 5.56 Å². The van der Waals surface area contributed by atoms with Crippen LogP contribution in [0.5, 0.6) is 0 Å². The van der Waals surface area contributed by atoms with Gasteiger partial charge in [-0.05, 0) is 42.2 Å². The quantitative estimate of drug-likeness (QED) is 0.669. The summed E-state index contributed by atoms with van der Waals surface area (Å²) in [6.07, 6.45) is -0.516. The first-order valence-electron chi connectivity index (χ1n) is 8.76. The number of carbonyl (C=O) groups is 2. The fourth-order valence-electron chi connectivity index (χ4n) is 3.17. The maximum absolute atomic E-state index is 11.3. The second kappa shape index (κ2) is 8.79. The first kappa shape index (κ1) is 20.6. The molecule has 2 aromatic rings. The molecule has 0 bridgehead atoms. The van der Waals surface area contributed by atoms with Crippen LogP contribution < -0.4 is 0 Å². The Labute approximate surface area is 159 Å².